The fourth-order valence-corrected chi connectivity index (χ4v) is 2.91. The number of nitrogens with zero attached hydrogens (tertiary/aromatic N) is 3. The zero-order chi connectivity index (χ0) is 14.0. The van der Waals surface area contributed by atoms with Gasteiger partial charge in [-0.25, -0.2) is 9.97 Å². The van der Waals surface area contributed by atoms with E-state index in [9.17, 15) is 4.79 Å². The van der Waals surface area contributed by atoms with Gasteiger partial charge in [-0.3, -0.25) is 9.89 Å². The van der Waals surface area contributed by atoms with Gasteiger partial charge in [0.1, 0.15) is 5.82 Å². The number of nitrogens with one attached hydrogen (secondary N) is 2. The summed E-state index contributed by atoms with van der Waals surface area (Å²) in [5.74, 6) is 0.641. The van der Waals surface area contributed by atoms with Crippen molar-refractivity contribution in [3.05, 3.63) is 16.4 Å². The molecule has 2 rings (SSSR count). The summed E-state index contributed by atoms with van der Waals surface area (Å²) in [6.07, 6.45) is 0. The van der Waals surface area contributed by atoms with Crippen LogP contribution in [0.3, 0.4) is 0 Å². The summed E-state index contributed by atoms with van der Waals surface area (Å²) in [5.41, 5.74) is 0.949. The number of thiazole rings is 1. The van der Waals surface area contributed by atoms with Gasteiger partial charge in [-0.15, -0.1) is 16.4 Å². The Labute approximate surface area is 119 Å². The molecule has 0 aromatic carbocycles. The molecule has 0 saturated carbocycles. The molecular weight excluding hydrogens is 282 g/mol. The lowest BCUT2D eigenvalue weighted by molar-refractivity contribution is -0.115. The van der Waals surface area contributed by atoms with Crippen molar-refractivity contribution >= 4 is 34.1 Å². The first-order valence-electron chi connectivity index (χ1n) is 5.76. The Bertz CT molecular complexity index is 572. The highest BCUT2D eigenvalue weighted by atomic mass is 32.2. The second-order valence-corrected chi connectivity index (χ2v) is 6.62. The van der Waals surface area contributed by atoms with Crippen LogP contribution in [-0.4, -0.2) is 31.3 Å². The quantitative estimate of drug-likeness (QED) is 0.846. The summed E-state index contributed by atoms with van der Waals surface area (Å²) in [6.45, 7) is 7.55. The highest BCUT2D eigenvalue weighted by molar-refractivity contribution is 8.00. The van der Waals surface area contributed by atoms with Crippen LogP contribution in [0, 0.1) is 20.8 Å². The molecule has 0 aliphatic rings. The number of hydrogen-bond donors (Lipinski definition) is 2. The van der Waals surface area contributed by atoms with Crippen LogP contribution in [0.1, 0.15) is 23.3 Å². The number of anilines is 1. The molecule has 2 N–H and O–H groups in total. The van der Waals surface area contributed by atoms with E-state index in [4.69, 9.17) is 0 Å². The van der Waals surface area contributed by atoms with Crippen molar-refractivity contribution in [3.8, 4) is 0 Å². The van der Waals surface area contributed by atoms with E-state index in [0.717, 1.165) is 16.4 Å². The predicted octanol–water partition coefficient (Wildman–Crippen LogP) is 2.31. The molecule has 0 fully saturated rings. The number of aromatic amines is 1. The first kappa shape index (κ1) is 14.0. The molecule has 19 heavy (non-hydrogen) atoms. The van der Waals surface area contributed by atoms with Gasteiger partial charge >= 0.3 is 0 Å². The van der Waals surface area contributed by atoms with Crippen molar-refractivity contribution in [3.63, 3.8) is 0 Å². The molecular formula is C11H15N5OS2. The van der Waals surface area contributed by atoms with Crippen molar-refractivity contribution < 1.29 is 4.79 Å². The van der Waals surface area contributed by atoms with E-state index in [1.807, 2.05) is 27.7 Å². The molecule has 1 unspecified atom stereocenters. The lowest BCUT2D eigenvalue weighted by atomic mass is 10.4. The number of carbonyl (C=O) groups is 1. The van der Waals surface area contributed by atoms with Crippen LogP contribution in [0.15, 0.2) is 5.16 Å². The molecule has 0 bridgehead atoms. The molecule has 1 amide bonds. The maximum absolute atomic E-state index is 12.0. The SMILES string of the molecule is Cc1nc(SC(C)C(=O)Nc2nc(C)c(C)s2)n[nH]1. The van der Waals surface area contributed by atoms with Gasteiger partial charge in [-0.1, -0.05) is 11.8 Å². The third-order valence-corrected chi connectivity index (χ3v) is 4.44. The molecule has 2 aromatic rings. The van der Waals surface area contributed by atoms with Gasteiger partial charge in [0.2, 0.25) is 11.1 Å². The number of aromatic nitrogens is 4. The number of carbonyl (C=O) groups excluding carboxylic acids is 1. The van der Waals surface area contributed by atoms with Crippen LogP contribution in [0.4, 0.5) is 5.13 Å². The summed E-state index contributed by atoms with van der Waals surface area (Å²) in [5, 5.41) is 10.5. The molecule has 0 aliphatic heterocycles. The molecule has 1 atom stereocenters. The van der Waals surface area contributed by atoms with Crippen LogP contribution in [0.2, 0.25) is 0 Å². The molecule has 0 saturated heterocycles. The summed E-state index contributed by atoms with van der Waals surface area (Å²) < 4.78 is 0. The number of thioether (sulfide) groups is 1. The predicted molar refractivity (Wildman–Crippen MR) is 76.7 cm³/mol. The molecule has 0 aliphatic carbocycles. The summed E-state index contributed by atoms with van der Waals surface area (Å²) >= 11 is 2.79. The number of hydrogen-bond acceptors (Lipinski definition) is 6. The van der Waals surface area contributed by atoms with Crippen molar-refractivity contribution in [1.29, 1.82) is 0 Å². The van der Waals surface area contributed by atoms with Crippen molar-refractivity contribution in [2.45, 2.75) is 38.1 Å². The molecule has 0 radical (unpaired) electrons. The Morgan fingerprint density at radius 1 is 1.37 bits per heavy atom. The average Bonchev–Trinajstić information content (AvgIpc) is 2.86. The Hall–Kier alpha value is -1.41. The summed E-state index contributed by atoms with van der Waals surface area (Å²) in [4.78, 5) is 21.6. The van der Waals surface area contributed by atoms with Crippen molar-refractivity contribution in [2.75, 3.05) is 5.32 Å². The highest BCUT2D eigenvalue weighted by Crippen LogP contribution is 2.24. The van der Waals surface area contributed by atoms with Crippen LogP contribution in [0.25, 0.3) is 0 Å². The number of amides is 1. The number of rotatable bonds is 4. The Kier molecular flexibility index (Phi) is 4.20. The zero-order valence-electron chi connectivity index (χ0n) is 11.1. The standard InChI is InChI=1S/C11H15N5OS2/c1-5-6(2)18-10(12-5)14-9(17)7(3)19-11-13-8(4)15-16-11/h7H,1-4H3,(H,12,14,17)(H,13,15,16). The van der Waals surface area contributed by atoms with E-state index in [-0.39, 0.29) is 11.2 Å². The number of aryl methyl sites for hydroxylation is 3. The largest absolute Gasteiger partial charge is 0.301 e. The molecule has 2 heterocycles. The smallest absolute Gasteiger partial charge is 0.239 e. The lowest BCUT2D eigenvalue weighted by Gasteiger charge is -2.07. The van der Waals surface area contributed by atoms with Gasteiger partial charge in [0.05, 0.1) is 10.9 Å². The minimum Gasteiger partial charge on any atom is -0.301 e. The van der Waals surface area contributed by atoms with E-state index in [0.29, 0.717) is 10.3 Å². The Morgan fingerprint density at radius 2 is 2.11 bits per heavy atom. The second kappa shape index (κ2) is 5.70. The van der Waals surface area contributed by atoms with Gasteiger partial charge in [0, 0.05) is 4.88 Å². The maximum atomic E-state index is 12.0. The third kappa shape index (κ3) is 3.54. The first-order valence-corrected chi connectivity index (χ1v) is 7.46. The van der Waals surface area contributed by atoms with Crippen LogP contribution < -0.4 is 5.32 Å². The first-order chi connectivity index (χ1) is 8.95. The van der Waals surface area contributed by atoms with E-state index >= 15 is 0 Å². The highest BCUT2D eigenvalue weighted by Gasteiger charge is 2.18. The van der Waals surface area contributed by atoms with Gasteiger partial charge < -0.3 is 5.32 Å². The molecule has 8 heteroatoms. The van der Waals surface area contributed by atoms with Crippen LogP contribution in [0.5, 0.6) is 0 Å². The van der Waals surface area contributed by atoms with Crippen molar-refractivity contribution in [1.82, 2.24) is 20.2 Å². The van der Waals surface area contributed by atoms with Gasteiger partial charge in [-0.05, 0) is 27.7 Å². The number of H-pyrrole nitrogens is 1. The minimum atomic E-state index is -0.278. The normalized spacial score (nSPS) is 12.4. The molecule has 102 valence electrons. The maximum Gasteiger partial charge on any atom is 0.239 e. The Morgan fingerprint density at radius 3 is 2.63 bits per heavy atom. The minimum absolute atomic E-state index is 0.0961. The molecule has 6 nitrogen and oxygen atoms in total. The van der Waals surface area contributed by atoms with Gasteiger partial charge in [0.15, 0.2) is 5.13 Å². The van der Waals surface area contributed by atoms with E-state index < -0.39 is 0 Å². The van der Waals surface area contributed by atoms with E-state index in [1.165, 1.54) is 23.1 Å². The topological polar surface area (TPSA) is 83.6 Å². The van der Waals surface area contributed by atoms with Crippen LogP contribution >= 0.6 is 23.1 Å². The summed E-state index contributed by atoms with van der Waals surface area (Å²) in [7, 11) is 0. The molecule has 0 spiro atoms. The van der Waals surface area contributed by atoms with Gasteiger partial charge in [0.25, 0.3) is 0 Å². The average molecular weight is 297 g/mol. The van der Waals surface area contributed by atoms with Crippen molar-refractivity contribution in [2.24, 2.45) is 0 Å². The van der Waals surface area contributed by atoms with E-state index in [1.54, 1.807) is 0 Å². The molecule has 2 aromatic heterocycles. The third-order valence-electron chi connectivity index (χ3n) is 2.49. The van der Waals surface area contributed by atoms with Crippen LogP contribution in [-0.2, 0) is 4.79 Å². The fourth-order valence-electron chi connectivity index (χ4n) is 1.32. The second-order valence-electron chi connectivity index (χ2n) is 4.11. The zero-order valence-corrected chi connectivity index (χ0v) is 12.8. The Balaban J connectivity index is 1.95. The lowest BCUT2D eigenvalue weighted by Crippen LogP contribution is -2.22. The summed E-state index contributed by atoms with van der Waals surface area (Å²) in [6, 6.07) is 0. The fraction of sp³-hybridized carbons (Fsp3) is 0.455. The van der Waals surface area contributed by atoms with E-state index in [2.05, 4.69) is 25.5 Å². The van der Waals surface area contributed by atoms with Gasteiger partial charge in [-0.2, -0.15) is 0 Å². The monoisotopic (exact) mass is 297 g/mol.